The first-order chi connectivity index (χ1) is 12.0. The van der Waals surface area contributed by atoms with E-state index in [0.717, 1.165) is 0 Å². The molecule has 3 N–H and O–H groups in total. The van der Waals surface area contributed by atoms with Gasteiger partial charge in [-0.15, -0.1) is 11.6 Å². The predicted octanol–water partition coefficient (Wildman–Crippen LogP) is 1.92. The predicted molar refractivity (Wildman–Crippen MR) is 92.5 cm³/mol. The van der Waals surface area contributed by atoms with E-state index in [1.54, 1.807) is 24.3 Å². The Morgan fingerprint density at radius 2 is 1.96 bits per heavy atom. The molecule has 0 spiro atoms. The molecule has 0 fully saturated rings. The number of aliphatic hydroxyl groups excluding tert-OH is 1. The summed E-state index contributed by atoms with van der Waals surface area (Å²) in [6.45, 7) is -0.564. The molecule has 2 unspecified atom stereocenters. The van der Waals surface area contributed by atoms with Crippen molar-refractivity contribution in [3.8, 4) is 11.5 Å². The molecule has 2 atom stereocenters. The molecular weight excluding hydrogens is 348 g/mol. The van der Waals surface area contributed by atoms with E-state index in [-0.39, 0.29) is 28.9 Å². The second-order valence-corrected chi connectivity index (χ2v) is 6.47. The van der Waals surface area contributed by atoms with Crippen LogP contribution in [0, 0.1) is 0 Å². The molecule has 4 rings (SSSR count). The first-order valence-electron chi connectivity index (χ1n) is 7.75. The lowest BCUT2D eigenvalue weighted by atomic mass is 9.94. The largest absolute Gasteiger partial charge is 0.507 e. The minimum atomic E-state index is -1.62. The van der Waals surface area contributed by atoms with Crippen LogP contribution in [0.15, 0.2) is 39.5 Å². The zero-order valence-electron chi connectivity index (χ0n) is 13.0. The number of aliphatic hydroxyl groups is 2. The summed E-state index contributed by atoms with van der Waals surface area (Å²) in [4.78, 5) is 13.0. The summed E-state index contributed by atoms with van der Waals surface area (Å²) in [5.41, 5.74) is -0.760. The number of phenols is 1. The van der Waals surface area contributed by atoms with Gasteiger partial charge >= 0.3 is 0 Å². The maximum Gasteiger partial charge on any atom is 0.204 e. The molecular formula is C18H15ClO6. The SMILES string of the molecule is O=c1c2c(O)cccc2oc2ccc3c(c12)CC(C(O)(CO)CCl)O3. The van der Waals surface area contributed by atoms with Crippen LogP contribution in [-0.2, 0) is 6.42 Å². The molecule has 0 saturated heterocycles. The first-order valence-corrected chi connectivity index (χ1v) is 8.28. The van der Waals surface area contributed by atoms with E-state index < -0.39 is 18.3 Å². The topological polar surface area (TPSA) is 100 Å². The molecule has 7 heteroatoms. The first kappa shape index (κ1) is 16.2. The Bertz CT molecular complexity index is 1040. The number of aromatic hydroxyl groups is 1. The molecule has 0 bridgehead atoms. The lowest BCUT2D eigenvalue weighted by Crippen LogP contribution is -2.50. The van der Waals surface area contributed by atoms with Gasteiger partial charge in [-0.1, -0.05) is 6.07 Å². The Morgan fingerprint density at radius 3 is 2.68 bits per heavy atom. The zero-order chi connectivity index (χ0) is 17.8. The number of hydrogen-bond donors (Lipinski definition) is 3. The third-order valence-corrected chi connectivity index (χ3v) is 5.14. The fraction of sp³-hybridized carbons (Fsp3) is 0.278. The maximum absolute atomic E-state index is 13.0. The summed E-state index contributed by atoms with van der Waals surface area (Å²) < 4.78 is 11.5. The van der Waals surface area contributed by atoms with Gasteiger partial charge < -0.3 is 24.5 Å². The number of phenolic OH excluding ortho intramolecular Hbond substituents is 1. The molecule has 0 aliphatic carbocycles. The number of rotatable bonds is 3. The van der Waals surface area contributed by atoms with Gasteiger partial charge in [0, 0.05) is 12.0 Å². The number of alkyl halides is 1. The van der Waals surface area contributed by atoms with Gasteiger partial charge in [0.2, 0.25) is 5.43 Å². The average molecular weight is 363 g/mol. The van der Waals surface area contributed by atoms with Crippen LogP contribution in [0.1, 0.15) is 5.56 Å². The van der Waals surface area contributed by atoms with Crippen molar-refractivity contribution in [3.63, 3.8) is 0 Å². The standard InChI is InChI=1S/C18H15ClO6/c19-7-18(23,8-20)14-6-9-11(25-14)4-5-13-15(9)17(22)16-10(21)2-1-3-12(16)24-13/h1-5,14,20-21,23H,6-8H2. The highest BCUT2D eigenvalue weighted by Gasteiger charge is 2.42. The summed E-state index contributed by atoms with van der Waals surface area (Å²) in [5, 5.41) is 30.3. The molecule has 130 valence electrons. The summed E-state index contributed by atoms with van der Waals surface area (Å²) in [5.74, 6) is 0.0590. The summed E-state index contributed by atoms with van der Waals surface area (Å²) in [7, 11) is 0. The van der Waals surface area contributed by atoms with Crippen molar-refractivity contribution < 1.29 is 24.5 Å². The van der Waals surface area contributed by atoms with Crippen LogP contribution in [0.25, 0.3) is 21.9 Å². The molecule has 1 aliphatic heterocycles. The Morgan fingerprint density at radius 1 is 1.20 bits per heavy atom. The van der Waals surface area contributed by atoms with Gasteiger partial charge in [-0.3, -0.25) is 4.79 Å². The van der Waals surface area contributed by atoms with Crippen molar-refractivity contribution in [1.82, 2.24) is 0 Å². The van der Waals surface area contributed by atoms with Crippen molar-refractivity contribution >= 4 is 33.5 Å². The number of halogens is 1. The fourth-order valence-corrected chi connectivity index (χ4v) is 3.50. The Kier molecular flexibility index (Phi) is 3.64. The molecule has 2 aromatic carbocycles. The van der Waals surface area contributed by atoms with Crippen LogP contribution in [0.2, 0.25) is 0 Å². The van der Waals surface area contributed by atoms with Gasteiger partial charge in [0.1, 0.15) is 39.8 Å². The van der Waals surface area contributed by atoms with Crippen molar-refractivity contribution in [1.29, 1.82) is 0 Å². The van der Waals surface area contributed by atoms with Crippen molar-refractivity contribution in [2.45, 2.75) is 18.1 Å². The summed E-state index contributed by atoms with van der Waals surface area (Å²) in [6.07, 6.45) is -0.588. The third kappa shape index (κ3) is 2.29. The van der Waals surface area contributed by atoms with Gasteiger partial charge in [0.15, 0.2) is 0 Å². The summed E-state index contributed by atoms with van der Waals surface area (Å²) >= 11 is 5.78. The van der Waals surface area contributed by atoms with Gasteiger partial charge in [-0.05, 0) is 24.3 Å². The van der Waals surface area contributed by atoms with Crippen molar-refractivity contribution in [3.05, 3.63) is 46.1 Å². The van der Waals surface area contributed by atoms with E-state index in [0.29, 0.717) is 27.9 Å². The van der Waals surface area contributed by atoms with Gasteiger partial charge in [0.25, 0.3) is 0 Å². The third-order valence-electron chi connectivity index (χ3n) is 4.67. The van der Waals surface area contributed by atoms with Gasteiger partial charge in [0.05, 0.1) is 17.9 Å². The van der Waals surface area contributed by atoms with Gasteiger partial charge in [-0.2, -0.15) is 0 Å². The molecule has 2 heterocycles. The lowest BCUT2D eigenvalue weighted by molar-refractivity contribution is -0.0702. The molecule has 3 aromatic rings. The molecule has 0 saturated carbocycles. The van der Waals surface area contributed by atoms with Crippen LogP contribution in [0.3, 0.4) is 0 Å². The lowest BCUT2D eigenvalue weighted by Gasteiger charge is -2.29. The van der Waals surface area contributed by atoms with Crippen molar-refractivity contribution in [2.24, 2.45) is 0 Å². The molecule has 0 amide bonds. The Hall–Kier alpha value is -2.28. The fourth-order valence-electron chi connectivity index (χ4n) is 3.24. The van der Waals surface area contributed by atoms with E-state index >= 15 is 0 Å². The molecule has 0 radical (unpaired) electrons. The molecule has 1 aliphatic rings. The second kappa shape index (κ2) is 5.62. The van der Waals surface area contributed by atoms with Crippen LogP contribution in [0.4, 0.5) is 0 Å². The number of benzene rings is 2. The summed E-state index contributed by atoms with van der Waals surface area (Å²) in [6, 6.07) is 7.90. The van der Waals surface area contributed by atoms with E-state index in [1.807, 2.05) is 0 Å². The number of ether oxygens (including phenoxy) is 1. The minimum Gasteiger partial charge on any atom is -0.507 e. The monoisotopic (exact) mass is 362 g/mol. The highest BCUT2D eigenvalue weighted by molar-refractivity contribution is 6.18. The normalized spacial score (nSPS) is 18.9. The minimum absolute atomic E-state index is 0.0987. The quantitative estimate of drug-likeness (QED) is 0.486. The van der Waals surface area contributed by atoms with Crippen LogP contribution >= 0.6 is 11.6 Å². The highest BCUT2D eigenvalue weighted by atomic mass is 35.5. The van der Waals surface area contributed by atoms with E-state index in [2.05, 4.69) is 0 Å². The van der Waals surface area contributed by atoms with E-state index in [9.17, 15) is 20.1 Å². The number of fused-ring (bicyclic) bond motifs is 4. The average Bonchev–Trinajstić information content (AvgIpc) is 3.05. The highest BCUT2D eigenvalue weighted by Crippen LogP contribution is 2.38. The second-order valence-electron chi connectivity index (χ2n) is 6.20. The van der Waals surface area contributed by atoms with Gasteiger partial charge in [-0.25, -0.2) is 0 Å². The van der Waals surface area contributed by atoms with E-state index in [1.165, 1.54) is 6.07 Å². The molecule has 6 nitrogen and oxygen atoms in total. The zero-order valence-corrected chi connectivity index (χ0v) is 13.8. The van der Waals surface area contributed by atoms with Crippen molar-refractivity contribution in [2.75, 3.05) is 12.5 Å². The molecule has 1 aromatic heterocycles. The van der Waals surface area contributed by atoms with E-state index in [4.69, 9.17) is 20.8 Å². The van der Waals surface area contributed by atoms with Crippen LogP contribution < -0.4 is 10.2 Å². The van der Waals surface area contributed by atoms with Crippen LogP contribution in [0.5, 0.6) is 11.5 Å². The Labute approximate surface area is 146 Å². The number of hydrogen-bond acceptors (Lipinski definition) is 6. The van der Waals surface area contributed by atoms with Crippen LogP contribution in [-0.4, -0.2) is 39.5 Å². The molecule has 25 heavy (non-hydrogen) atoms. The maximum atomic E-state index is 13.0. The smallest absolute Gasteiger partial charge is 0.204 e. The Balaban J connectivity index is 1.96.